The summed E-state index contributed by atoms with van der Waals surface area (Å²) in [5, 5.41) is 11.8. The Morgan fingerprint density at radius 1 is 1.28 bits per heavy atom. The minimum absolute atomic E-state index is 0.0205. The van der Waals surface area contributed by atoms with Crippen LogP contribution < -0.4 is 5.32 Å². The lowest BCUT2D eigenvalue weighted by Gasteiger charge is -2.18. The third kappa shape index (κ3) is 3.85. The fourth-order valence-corrected chi connectivity index (χ4v) is 1.91. The summed E-state index contributed by atoms with van der Waals surface area (Å²) in [5.41, 5.74) is 1.02. The Kier molecular flexibility index (Phi) is 5.36. The van der Waals surface area contributed by atoms with Gasteiger partial charge in [0.15, 0.2) is 0 Å². The number of carbonyl (C=O) groups is 1. The highest BCUT2D eigenvalue weighted by molar-refractivity contribution is 9.10. The van der Waals surface area contributed by atoms with Crippen molar-refractivity contribution in [2.45, 2.75) is 26.8 Å². The molecule has 1 aromatic carbocycles. The van der Waals surface area contributed by atoms with Gasteiger partial charge in [-0.1, -0.05) is 41.9 Å². The van der Waals surface area contributed by atoms with Crippen LogP contribution in [0.1, 0.15) is 32.4 Å². The molecule has 0 aliphatic rings. The molecule has 1 N–H and O–H groups in total. The van der Waals surface area contributed by atoms with E-state index < -0.39 is 5.92 Å². The Morgan fingerprint density at radius 3 is 2.28 bits per heavy atom. The van der Waals surface area contributed by atoms with Crippen molar-refractivity contribution in [2.24, 2.45) is 11.8 Å². The summed E-state index contributed by atoms with van der Waals surface area (Å²) in [6.45, 7) is 5.66. The molecule has 0 radical (unpaired) electrons. The summed E-state index contributed by atoms with van der Waals surface area (Å²) in [6, 6.07) is 9.72. The summed E-state index contributed by atoms with van der Waals surface area (Å²) >= 11 is 3.37. The maximum Gasteiger partial charge on any atom is 0.238 e. The average molecular weight is 309 g/mol. The predicted octanol–water partition coefficient (Wildman–Crippen LogP) is 3.42. The highest BCUT2D eigenvalue weighted by atomic mass is 79.9. The van der Waals surface area contributed by atoms with Crippen molar-refractivity contribution in [2.75, 3.05) is 0 Å². The predicted molar refractivity (Wildman–Crippen MR) is 74.6 cm³/mol. The second-order valence-corrected chi connectivity index (χ2v) is 5.55. The molecule has 0 bridgehead atoms. The molecule has 96 valence electrons. The first-order chi connectivity index (χ1) is 8.45. The van der Waals surface area contributed by atoms with E-state index in [4.69, 9.17) is 5.26 Å². The van der Waals surface area contributed by atoms with Crippen LogP contribution in [-0.2, 0) is 4.79 Å². The van der Waals surface area contributed by atoms with Gasteiger partial charge in [0.05, 0.1) is 12.1 Å². The Hall–Kier alpha value is -1.34. The molecule has 2 atom stereocenters. The van der Waals surface area contributed by atoms with Gasteiger partial charge in [-0.15, -0.1) is 0 Å². The Labute approximate surface area is 116 Å². The van der Waals surface area contributed by atoms with E-state index in [0.717, 1.165) is 10.0 Å². The van der Waals surface area contributed by atoms with Crippen LogP contribution in [-0.4, -0.2) is 5.91 Å². The average Bonchev–Trinajstić information content (AvgIpc) is 2.29. The number of nitriles is 1. The molecule has 18 heavy (non-hydrogen) atoms. The van der Waals surface area contributed by atoms with Crippen LogP contribution in [0, 0.1) is 23.2 Å². The number of hydrogen-bond acceptors (Lipinski definition) is 2. The molecule has 1 rings (SSSR count). The lowest BCUT2D eigenvalue weighted by Crippen LogP contribution is -2.34. The van der Waals surface area contributed by atoms with E-state index in [0.29, 0.717) is 0 Å². The molecule has 0 aromatic heterocycles. The summed E-state index contributed by atoms with van der Waals surface area (Å²) in [6.07, 6.45) is 0. The summed E-state index contributed by atoms with van der Waals surface area (Å²) in [7, 11) is 0. The zero-order chi connectivity index (χ0) is 13.7. The van der Waals surface area contributed by atoms with Crippen molar-refractivity contribution in [3.8, 4) is 6.07 Å². The van der Waals surface area contributed by atoms with Crippen LogP contribution in [0.2, 0.25) is 0 Å². The maximum absolute atomic E-state index is 11.9. The molecular formula is C14H17BrN2O. The molecule has 0 saturated heterocycles. The minimum Gasteiger partial charge on any atom is -0.348 e. The highest BCUT2D eigenvalue weighted by Crippen LogP contribution is 2.18. The maximum atomic E-state index is 11.9. The van der Waals surface area contributed by atoms with E-state index in [1.54, 1.807) is 0 Å². The molecular weight excluding hydrogens is 292 g/mol. The van der Waals surface area contributed by atoms with Crippen molar-refractivity contribution >= 4 is 21.8 Å². The molecule has 0 aliphatic carbocycles. The van der Waals surface area contributed by atoms with Gasteiger partial charge in [0.1, 0.15) is 5.92 Å². The Balaban J connectivity index is 2.70. The second-order valence-electron chi connectivity index (χ2n) is 4.63. The fourth-order valence-electron chi connectivity index (χ4n) is 1.65. The third-order valence-electron chi connectivity index (χ3n) is 2.82. The molecule has 0 aliphatic heterocycles. The van der Waals surface area contributed by atoms with Crippen LogP contribution in [0.3, 0.4) is 0 Å². The number of amides is 1. The van der Waals surface area contributed by atoms with Gasteiger partial charge in [0, 0.05) is 4.47 Å². The van der Waals surface area contributed by atoms with E-state index in [9.17, 15) is 4.79 Å². The van der Waals surface area contributed by atoms with E-state index in [2.05, 4.69) is 21.2 Å². The van der Waals surface area contributed by atoms with Crippen LogP contribution in [0.25, 0.3) is 0 Å². The van der Waals surface area contributed by atoms with E-state index in [1.807, 2.05) is 51.1 Å². The number of nitrogens with zero attached hydrogens (tertiary/aromatic N) is 1. The fraction of sp³-hybridized carbons (Fsp3) is 0.429. The lowest BCUT2D eigenvalue weighted by atomic mass is 9.96. The minimum atomic E-state index is -0.595. The zero-order valence-electron chi connectivity index (χ0n) is 10.8. The summed E-state index contributed by atoms with van der Waals surface area (Å²) < 4.78 is 1.00. The Bertz CT molecular complexity index is 448. The summed E-state index contributed by atoms with van der Waals surface area (Å²) in [4.78, 5) is 11.9. The Morgan fingerprint density at radius 2 is 1.83 bits per heavy atom. The molecule has 0 heterocycles. The highest BCUT2D eigenvalue weighted by Gasteiger charge is 2.23. The van der Waals surface area contributed by atoms with Crippen molar-refractivity contribution in [3.05, 3.63) is 34.3 Å². The normalized spacial score (nSPS) is 13.8. The van der Waals surface area contributed by atoms with E-state index in [-0.39, 0.29) is 17.9 Å². The molecule has 0 fully saturated rings. The molecule has 0 spiro atoms. The molecule has 0 saturated carbocycles. The lowest BCUT2D eigenvalue weighted by molar-refractivity contribution is -0.125. The van der Waals surface area contributed by atoms with E-state index >= 15 is 0 Å². The molecule has 2 unspecified atom stereocenters. The first kappa shape index (κ1) is 14.7. The largest absolute Gasteiger partial charge is 0.348 e. The molecule has 3 nitrogen and oxygen atoms in total. The molecule has 1 aromatic rings. The number of benzene rings is 1. The first-order valence-corrected chi connectivity index (χ1v) is 6.70. The van der Waals surface area contributed by atoms with Gasteiger partial charge in [-0.2, -0.15) is 5.26 Å². The second kappa shape index (κ2) is 6.55. The van der Waals surface area contributed by atoms with Crippen LogP contribution >= 0.6 is 15.9 Å². The van der Waals surface area contributed by atoms with Gasteiger partial charge in [0.2, 0.25) is 5.91 Å². The number of hydrogen-bond donors (Lipinski definition) is 1. The van der Waals surface area contributed by atoms with Crippen molar-refractivity contribution in [3.63, 3.8) is 0 Å². The van der Waals surface area contributed by atoms with Gasteiger partial charge >= 0.3 is 0 Å². The number of halogens is 1. The van der Waals surface area contributed by atoms with Gasteiger partial charge in [-0.05, 0) is 30.5 Å². The topological polar surface area (TPSA) is 52.9 Å². The number of rotatable bonds is 4. The van der Waals surface area contributed by atoms with Crippen molar-refractivity contribution < 1.29 is 4.79 Å². The van der Waals surface area contributed by atoms with Crippen molar-refractivity contribution in [1.29, 1.82) is 5.26 Å². The third-order valence-corrected chi connectivity index (χ3v) is 3.35. The molecule has 4 heteroatoms. The first-order valence-electron chi connectivity index (χ1n) is 5.91. The van der Waals surface area contributed by atoms with Gasteiger partial charge in [0.25, 0.3) is 0 Å². The van der Waals surface area contributed by atoms with Crippen molar-refractivity contribution in [1.82, 2.24) is 5.32 Å². The van der Waals surface area contributed by atoms with E-state index in [1.165, 1.54) is 0 Å². The van der Waals surface area contributed by atoms with Crippen LogP contribution in [0.4, 0.5) is 0 Å². The summed E-state index contributed by atoms with van der Waals surface area (Å²) in [5.74, 6) is -0.780. The van der Waals surface area contributed by atoms with Gasteiger partial charge in [-0.3, -0.25) is 4.79 Å². The zero-order valence-corrected chi connectivity index (χ0v) is 12.4. The smallest absolute Gasteiger partial charge is 0.238 e. The quantitative estimate of drug-likeness (QED) is 0.926. The number of nitrogens with one attached hydrogen (secondary N) is 1. The van der Waals surface area contributed by atoms with Crippen LogP contribution in [0.5, 0.6) is 0 Å². The number of carbonyl (C=O) groups excluding carboxylic acids is 1. The van der Waals surface area contributed by atoms with Gasteiger partial charge < -0.3 is 5.32 Å². The SMILES string of the molecule is CC(NC(=O)C(C#N)C(C)C)c1ccc(Br)cc1. The van der Waals surface area contributed by atoms with Gasteiger partial charge in [-0.25, -0.2) is 0 Å². The standard InChI is InChI=1S/C14H17BrN2O/c1-9(2)13(8-16)14(18)17-10(3)11-4-6-12(15)7-5-11/h4-7,9-10,13H,1-3H3,(H,17,18). The van der Waals surface area contributed by atoms with Crippen LogP contribution in [0.15, 0.2) is 28.7 Å². The monoisotopic (exact) mass is 308 g/mol. The molecule has 1 amide bonds.